The Labute approximate surface area is 178 Å². The summed E-state index contributed by atoms with van der Waals surface area (Å²) in [4.78, 5) is 6.11. The van der Waals surface area contributed by atoms with Crippen LogP contribution in [0.15, 0.2) is 30.3 Å². The van der Waals surface area contributed by atoms with E-state index in [0.717, 1.165) is 23.7 Å². The highest BCUT2D eigenvalue weighted by Gasteiger charge is 2.39. The van der Waals surface area contributed by atoms with Gasteiger partial charge in [-0.25, -0.2) is 4.98 Å². The molecule has 2 aromatic heterocycles. The van der Waals surface area contributed by atoms with Crippen molar-refractivity contribution in [1.29, 1.82) is 5.26 Å². The van der Waals surface area contributed by atoms with Gasteiger partial charge >= 0.3 is 6.18 Å². The van der Waals surface area contributed by atoms with E-state index >= 15 is 0 Å². The van der Waals surface area contributed by atoms with Crippen LogP contribution in [0, 0.1) is 32.1 Å². The zero-order valence-electron chi connectivity index (χ0n) is 17.4. The molecule has 1 atom stereocenters. The van der Waals surface area contributed by atoms with Crippen molar-refractivity contribution in [1.82, 2.24) is 19.7 Å². The third-order valence-corrected chi connectivity index (χ3v) is 5.48. The van der Waals surface area contributed by atoms with Gasteiger partial charge in [-0.2, -0.15) is 18.4 Å². The summed E-state index contributed by atoms with van der Waals surface area (Å²) in [5.41, 5.74) is 0.755. The smallest absolute Gasteiger partial charge is 0.345 e. The van der Waals surface area contributed by atoms with E-state index in [9.17, 15) is 18.4 Å². The number of aryl methyl sites for hydroxylation is 3. The molecule has 3 heterocycles. The molecular formula is C22H21F3N6. The summed E-state index contributed by atoms with van der Waals surface area (Å²) < 4.78 is 42.7. The first-order valence-electron chi connectivity index (χ1n) is 9.95. The molecule has 1 saturated heterocycles. The zero-order valence-corrected chi connectivity index (χ0v) is 17.4. The van der Waals surface area contributed by atoms with Crippen molar-refractivity contribution < 1.29 is 13.2 Å². The van der Waals surface area contributed by atoms with Gasteiger partial charge in [0.15, 0.2) is 5.82 Å². The van der Waals surface area contributed by atoms with Crippen LogP contribution in [-0.4, -0.2) is 26.3 Å². The summed E-state index contributed by atoms with van der Waals surface area (Å²) in [7, 11) is 0. The van der Waals surface area contributed by atoms with Crippen LogP contribution in [0.5, 0.6) is 0 Å². The summed E-state index contributed by atoms with van der Waals surface area (Å²) in [5, 5.41) is 18.2. The third kappa shape index (κ3) is 3.74. The topological polar surface area (TPSA) is 70.6 Å². The number of nitriles is 1. The minimum absolute atomic E-state index is 0.0498. The van der Waals surface area contributed by atoms with Crippen molar-refractivity contribution in [3.05, 3.63) is 64.4 Å². The van der Waals surface area contributed by atoms with E-state index in [2.05, 4.69) is 15.2 Å². The predicted molar refractivity (Wildman–Crippen MR) is 109 cm³/mol. The van der Waals surface area contributed by atoms with Gasteiger partial charge in [-0.1, -0.05) is 12.1 Å². The number of hydrogen-bond donors (Lipinski definition) is 0. The molecular weight excluding hydrogens is 405 g/mol. The molecule has 31 heavy (non-hydrogen) atoms. The lowest BCUT2D eigenvalue weighted by Crippen LogP contribution is -2.28. The van der Waals surface area contributed by atoms with Crippen molar-refractivity contribution in [2.45, 2.75) is 45.8 Å². The van der Waals surface area contributed by atoms with Crippen LogP contribution >= 0.6 is 0 Å². The van der Waals surface area contributed by atoms with Crippen LogP contribution in [0.25, 0.3) is 5.69 Å². The maximum absolute atomic E-state index is 13.6. The largest absolute Gasteiger partial charge is 0.417 e. The molecule has 3 aromatic rings. The van der Waals surface area contributed by atoms with Gasteiger partial charge in [0.05, 0.1) is 11.6 Å². The maximum Gasteiger partial charge on any atom is 0.417 e. The van der Waals surface area contributed by atoms with Crippen LogP contribution in [0.1, 0.15) is 52.9 Å². The first-order chi connectivity index (χ1) is 14.7. The zero-order chi connectivity index (χ0) is 22.3. The lowest BCUT2D eigenvalue weighted by Gasteiger charge is -2.27. The van der Waals surface area contributed by atoms with Gasteiger partial charge in [-0.05, 0) is 57.4 Å². The summed E-state index contributed by atoms with van der Waals surface area (Å²) in [6.45, 7) is 5.81. The average molecular weight is 426 g/mol. The van der Waals surface area contributed by atoms with Gasteiger partial charge in [-0.15, -0.1) is 10.2 Å². The van der Waals surface area contributed by atoms with Crippen LogP contribution in [0.4, 0.5) is 19.0 Å². The van der Waals surface area contributed by atoms with E-state index in [-0.39, 0.29) is 17.6 Å². The standard InChI is InChI=1S/C22H21F3N6/c1-13-6-4-7-16(10-13)31-15(3)28-29-21(31)19-8-5-9-30(19)20-17(12-26)18(22(23,24)25)11-14(2)27-20/h4,6-7,10-11,19H,5,8-9H2,1-3H3/t19-/m0/s1. The van der Waals surface area contributed by atoms with Gasteiger partial charge in [0.25, 0.3) is 0 Å². The van der Waals surface area contributed by atoms with E-state index in [1.165, 1.54) is 6.92 Å². The molecule has 0 amide bonds. The molecule has 0 N–H and O–H groups in total. The lowest BCUT2D eigenvalue weighted by atomic mass is 10.1. The summed E-state index contributed by atoms with van der Waals surface area (Å²) in [5.74, 6) is 1.36. The summed E-state index contributed by atoms with van der Waals surface area (Å²) in [6.07, 6.45) is -3.22. The second kappa shape index (κ2) is 7.69. The van der Waals surface area contributed by atoms with E-state index < -0.39 is 17.3 Å². The summed E-state index contributed by atoms with van der Waals surface area (Å²) in [6, 6.07) is 10.2. The van der Waals surface area contributed by atoms with Crippen molar-refractivity contribution in [3.8, 4) is 11.8 Å². The Balaban J connectivity index is 1.85. The second-order valence-electron chi connectivity index (χ2n) is 7.75. The van der Waals surface area contributed by atoms with Crippen molar-refractivity contribution in [2.24, 2.45) is 0 Å². The lowest BCUT2D eigenvalue weighted by molar-refractivity contribution is -0.137. The Kier molecular flexibility index (Phi) is 5.17. The molecule has 0 radical (unpaired) electrons. The monoisotopic (exact) mass is 426 g/mol. The number of benzene rings is 1. The fourth-order valence-electron chi connectivity index (χ4n) is 4.17. The number of nitrogens with zero attached hydrogens (tertiary/aromatic N) is 6. The molecule has 4 rings (SSSR count). The minimum atomic E-state index is -4.64. The Morgan fingerprint density at radius 3 is 2.58 bits per heavy atom. The predicted octanol–water partition coefficient (Wildman–Crippen LogP) is 4.82. The number of alkyl halides is 3. The van der Waals surface area contributed by atoms with Gasteiger partial charge < -0.3 is 4.90 Å². The number of halogens is 3. The number of anilines is 1. The van der Waals surface area contributed by atoms with Crippen LogP contribution in [0.2, 0.25) is 0 Å². The van der Waals surface area contributed by atoms with E-state index in [0.29, 0.717) is 24.6 Å². The highest BCUT2D eigenvalue weighted by Crippen LogP contribution is 2.41. The molecule has 0 bridgehead atoms. The van der Waals surface area contributed by atoms with E-state index in [1.54, 1.807) is 11.0 Å². The average Bonchev–Trinajstić information content (AvgIpc) is 3.33. The molecule has 6 nitrogen and oxygen atoms in total. The third-order valence-electron chi connectivity index (χ3n) is 5.48. The quantitative estimate of drug-likeness (QED) is 0.601. The number of rotatable bonds is 3. The van der Waals surface area contributed by atoms with Crippen LogP contribution < -0.4 is 4.90 Å². The highest BCUT2D eigenvalue weighted by atomic mass is 19.4. The Morgan fingerprint density at radius 1 is 1.13 bits per heavy atom. The van der Waals surface area contributed by atoms with Gasteiger partial charge in [0.1, 0.15) is 23.3 Å². The van der Waals surface area contributed by atoms with Crippen molar-refractivity contribution >= 4 is 5.82 Å². The highest BCUT2D eigenvalue weighted by molar-refractivity contribution is 5.60. The minimum Gasteiger partial charge on any atom is -0.345 e. The van der Waals surface area contributed by atoms with Crippen LogP contribution in [-0.2, 0) is 6.18 Å². The first kappa shape index (κ1) is 20.8. The molecule has 1 aliphatic rings. The Bertz CT molecular complexity index is 1170. The molecule has 1 aromatic carbocycles. The van der Waals surface area contributed by atoms with E-state index in [1.807, 2.05) is 42.7 Å². The van der Waals surface area contributed by atoms with Gasteiger partial charge in [-0.3, -0.25) is 4.57 Å². The number of hydrogen-bond acceptors (Lipinski definition) is 5. The van der Waals surface area contributed by atoms with E-state index in [4.69, 9.17) is 0 Å². The molecule has 0 aliphatic carbocycles. The normalized spacial score (nSPS) is 16.5. The Morgan fingerprint density at radius 2 is 1.90 bits per heavy atom. The molecule has 1 fully saturated rings. The molecule has 0 spiro atoms. The van der Waals surface area contributed by atoms with Crippen LogP contribution in [0.3, 0.4) is 0 Å². The first-order valence-corrected chi connectivity index (χ1v) is 9.95. The molecule has 0 saturated carbocycles. The molecule has 0 unspecified atom stereocenters. The fourth-order valence-corrected chi connectivity index (χ4v) is 4.17. The summed E-state index contributed by atoms with van der Waals surface area (Å²) >= 11 is 0. The van der Waals surface area contributed by atoms with Crippen molar-refractivity contribution in [2.75, 3.05) is 11.4 Å². The Hall–Kier alpha value is -3.41. The maximum atomic E-state index is 13.6. The van der Waals surface area contributed by atoms with Gasteiger partial charge in [0.2, 0.25) is 0 Å². The molecule has 160 valence electrons. The molecule has 9 heteroatoms. The molecule has 1 aliphatic heterocycles. The van der Waals surface area contributed by atoms with Crippen molar-refractivity contribution in [3.63, 3.8) is 0 Å². The van der Waals surface area contributed by atoms with Gasteiger partial charge in [0, 0.05) is 17.9 Å². The fraction of sp³-hybridized carbons (Fsp3) is 0.364. The number of pyridine rings is 1. The SMILES string of the molecule is Cc1cccc(-n2c(C)nnc2[C@@H]2CCCN2c2nc(C)cc(C(F)(F)F)c2C#N)c1. The number of aromatic nitrogens is 4. The second-order valence-corrected chi connectivity index (χ2v) is 7.75.